The Morgan fingerprint density at radius 2 is 2.23 bits per heavy atom. The van der Waals surface area contributed by atoms with E-state index in [9.17, 15) is 22.7 Å². The molecule has 9 nitrogen and oxygen atoms in total. The number of carbonyl (C=O) groups excluding carboxylic acids is 1. The molecule has 1 fully saturated rings. The lowest BCUT2D eigenvalue weighted by Crippen LogP contribution is -2.30. The van der Waals surface area contributed by atoms with Crippen LogP contribution in [0.2, 0.25) is 0 Å². The van der Waals surface area contributed by atoms with Crippen LogP contribution in [0, 0.1) is 5.82 Å². The fourth-order valence-corrected chi connectivity index (χ4v) is 3.28. The normalized spacial score (nSPS) is 16.8. The first-order valence-electron chi connectivity index (χ1n) is 6.03. The van der Waals surface area contributed by atoms with Crippen LogP contribution in [-0.2, 0) is 15.0 Å². The van der Waals surface area contributed by atoms with Crippen LogP contribution in [0.15, 0.2) is 12.3 Å². The molecule has 1 saturated heterocycles. The quantitative estimate of drug-likeness (QED) is 0.691. The summed E-state index contributed by atoms with van der Waals surface area (Å²) in [5, 5.41) is 12.8. The molecule has 11 heteroatoms. The van der Waals surface area contributed by atoms with Gasteiger partial charge in [0.2, 0.25) is 5.95 Å². The predicted octanol–water partition coefficient (Wildman–Crippen LogP) is -0.303. The lowest BCUT2D eigenvalue weighted by molar-refractivity contribution is -0.117. The molecule has 0 bridgehead atoms. The number of nitrogens with one attached hydrogen (secondary N) is 2. The first-order valence-corrected chi connectivity index (χ1v) is 7.47. The molecule has 1 aromatic carbocycles. The number of amides is 1. The van der Waals surface area contributed by atoms with Crippen molar-refractivity contribution in [3.05, 3.63) is 18.1 Å². The highest BCUT2D eigenvalue weighted by Crippen LogP contribution is 2.37. The molecule has 0 saturated carbocycles. The lowest BCUT2D eigenvalue weighted by atomic mass is 10.2. The Kier molecular flexibility index (Phi) is 3.02. The summed E-state index contributed by atoms with van der Waals surface area (Å²) < 4.78 is 40.4. The third-order valence-electron chi connectivity index (χ3n) is 3.06. The van der Waals surface area contributed by atoms with Crippen molar-refractivity contribution >= 4 is 38.7 Å². The van der Waals surface area contributed by atoms with Gasteiger partial charge in [0, 0.05) is 18.6 Å². The van der Waals surface area contributed by atoms with Gasteiger partial charge in [-0.25, -0.2) is 23.4 Å². The molecule has 0 atom stereocenters. The van der Waals surface area contributed by atoms with Crippen LogP contribution in [0.1, 0.15) is 0 Å². The van der Waals surface area contributed by atoms with Gasteiger partial charge in [-0.2, -0.15) is 8.42 Å². The molecule has 1 amide bonds. The molecule has 2 heterocycles. The number of fused-ring (bicyclic) bond motifs is 1. The maximum atomic E-state index is 14.6. The van der Waals surface area contributed by atoms with Crippen LogP contribution in [0.25, 0.3) is 10.9 Å². The van der Waals surface area contributed by atoms with Gasteiger partial charge in [-0.15, -0.1) is 0 Å². The fraction of sp³-hybridized carbons (Fsp3) is 0.182. The highest BCUT2D eigenvalue weighted by molar-refractivity contribution is 7.92. The number of carbonyl (C=O) groups is 1. The first-order chi connectivity index (χ1) is 10.3. The van der Waals surface area contributed by atoms with E-state index in [4.69, 9.17) is 0 Å². The van der Waals surface area contributed by atoms with Gasteiger partial charge in [0.25, 0.3) is 5.91 Å². The summed E-state index contributed by atoms with van der Waals surface area (Å²) in [6, 6.07) is 1.13. The third-order valence-corrected chi connectivity index (χ3v) is 4.44. The Morgan fingerprint density at radius 3 is 2.82 bits per heavy atom. The number of phenolic OH excluding ortho intramolecular Hbond substituents is 1. The Morgan fingerprint density at radius 1 is 1.50 bits per heavy atom. The van der Waals surface area contributed by atoms with Gasteiger partial charge < -0.3 is 10.4 Å². The minimum Gasteiger partial charge on any atom is -0.506 e. The average Bonchev–Trinajstić information content (AvgIpc) is 2.71. The van der Waals surface area contributed by atoms with Crippen LogP contribution in [0.3, 0.4) is 0 Å². The Hall–Kier alpha value is -2.69. The van der Waals surface area contributed by atoms with Gasteiger partial charge in [0.15, 0.2) is 5.82 Å². The van der Waals surface area contributed by atoms with Crippen molar-refractivity contribution in [1.29, 1.82) is 0 Å². The second-order valence-electron chi connectivity index (χ2n) is 4.48. The first kappa shape index (κ1) is 14.3. The molecule has 0 aliphatic carbocycles. The predicted molar refractivity (Wildman–Crippen MR) is 75.1 cm³/mol. The molecule has 2 aromatic rings. The number of halogens is 1. The van der Waals surface area contributed by atoms with E-state index in [2.05, 4.69) is 15.3 Å². The minimum absolute atomic E-state index is 0.126. The summed E-state index contributed by atoms with van der Waals surface area (Å²) in [6.07, 6.45) is 1.28. The van der Waals surface area contributed by atoms with Crippen LogP contribution < -0.4 is 14.3 Å². The van der Waals surface area contributed by atoms with E-state index in [1.807, 2.05) is 0 Å². The smallest absolute Gasteiger partial charge is 0.326 e. The fourth-order valence-electron chi connectivity index (χ4n) is 2.12. The average molecular weight is 327 g/mol. The van der Waals surface area contributed by atoms with Crippen LogP contribution in [-0.4, -0.2) is 43.0 Å². The Labute approximate surface area is 124 Å². The molecular formula is C11H10FN5O4S. The molecule has 1 aliphatic heterocycles. The zero-order valence-electron chi connectivity index (χ0n) is 11.2. The van der Waals surface area contributed by atoms with E-state index in [-0.39, 0.29) is 16.9 Å². The minimum atomic E-state index is -4.24. The van der Waals surface area contributed by atoms with E-state index in [0.29, 0.717) is 4.31 Å². The summed E-state index contributed by atoms with van der Waals surface area (Å²) in [5.74, 6) is -2.39. The van der Waals surface area contributed by atoms with E-state index in [1.54, 1.807) is 4.72 Å². The number of anilines is 2. The molecule has 3 rings (SSSR count). The van der Waals surface area contributed by atoms with Gasteiger partial charge in [-0.1, -0.05) is 0 Å². The standard InChI is InChI=1S/C11H10FN5O4S/c1-13-11-14-3-5-2-6(18)10(8(12)9(5)15-11)17-4-7(19)16-22(17,20)21/h2-3,18H,4H2,1H3,(H,16,19)(H,13,14,15). The molecule has 116 valence electrons. The van der Waals surface area contributed by atoms with E-state index < -0.39 is 39.9 Å². The molecule has 22 heavy (non-hydrogen) atoms. The van der Waals surface area contributed by atoms with Crippen molar-refractivity contribution in [3.8, 4) is 5.75 Å². The van der Waals surface area contributed by atoms with Crippen molar-refractivity contribution in [2.75, 3.05) is 23.2 Å². The van der Waals surface area contributed by atoms with Crippen molar-refractivity contribution in [2.24, 2.45) is 0 Å². The van der Waals surface area contributed by atoms with Crippen LogP contribution in [0.5, 0.6) is 5.75 Å². The second kappa shape index (κ2) is 4.66. The van der Waals surface area contributed by atoms with Gasteiger partial charge in [-0.3, -0.25) is 4.79 Å². The van der Waals surface area contributed by atoms with Crippen molar-refractivity contribution < 1.29 is 22.7 Å². The largest absolute Gasteiger partial charge is 0.506 e. The number of nitrogens with zero attached hydrogens (tertiary/aromatic N) is 3. The summed E-state index contributed by atoms with van der Waals surface area (Å²) in [7, 11) is -2.71. The van der Waals surface area contributed by atoms with Crippen molar-refractivity contribution in [1.82, 2.24) is 14.7 Å². The Bertz CT molecular complexity index is 901. The van der Waals surface area contributed by atoms with Gasteiger partial charge in [0.1, 0.15) is 23.5 Å². The van der Waals surface area contributed by atoms with E-state index in [1.165, 1.54) is 13.2 Å². The van der Waals surface area contributed by atoms with Crippen molar-refractivity contribution in [3.63, 3.8) is 0 Å². The number of aromatic hydroxyl groups is 1. The third kappa shape index (κ3) is 2.06. The van der Waals surface area contributed by atoms with E-state index >= 15 is 0 Å². The summed E-state index contributed by atoms with van der Waals surface area (Å²) >= 11 is 0. The lowest BCUT2D eigenvalue weighted by Gasteiger charge is -2.17. The summed E-state index contributed by atoms with van der Waals surface area (Å²) in [4.78, 5) is 19.0. The SMILES string of the molecule is CNc1ncc2cc(O)c(N3CC(=O)NS3(=O)=O)c(F)c2n1. The topological polar surface area (TPSA) is 125 Å². The summed E-state index contributed by atoms with van der Waals surface area (Å²) in [5.41, 5.74) is -0.812. The second-order valence-corrected chi connectivity index (χ2v) is 6.07. The molecule has 0 spiro atoms. The van der Waals surface area contributed by atoms with Gasteiger partial charge in [-0.05, 0) is 6.07 Å². The number of benzene rings is 1. The highest BCUT2D eigenvalue weighted by Gasteiger charge is 2.38. The number of hydrogen-bond donors (Lipinski definition) is 3. The van der Waals surface area contributed by atoms with Crippen LogP contribution >= 0.6 is 0 Å². The maximum Gasteiger partial charge on any atom is 0.326 e. The molecule has 3 N–H and O–H groups in total. The molecule has 0 radical (unpaired) electrons. The van der Waals surface area contributed by atoms with Gasteiger partial charge in [0.05, 0.1) is 0 Å². The molecule has 1 aliphatic rings. The highest BCUT2D eigenvalue weighted by atomic mass is 32.2. The zero-order valence-corrected chi connectivity index (χ0v) is 12.0. The number of rotatable bonds is 2. The molecule has 1 aromatic heterocycles. The zero-order chi connectivity index (χ0) is 16.1. The number of aromatic nitrogens is 2. The van der Waals surface area contributed by atoms with E-state index in [0.717, 1.165) is 6.07 Å². The van der Waals surface area contributed by atoms with Crippen LogP contribution in [0.4, 0.5) is 16.0 Å². The number of phenols is 1. The maximum absolute atomic E-state index is 14.6. The van der Waals surface area contributed by atoms with Gasteiger partial charge >= 0.3 is 10.2 Å². The molecule has 0 unspecified atom stereocenters. The summed E-state index contributed by atoms with van der Waals surface area (Å²) in [6.45, 7) is -0.623. The molecular weight excluding hydrogens is 317 g/mol. The number of hydrogen-bond acceptors (Lipinski definition) is 7. The van der Waals surface area contributed by atoms with Crippen molar-refractivity contribution in [2.45, 2.75) is 0 Å². The Balaban J connectivity index is 2.28. The monoisotopic (exact) mass is 327 g/mol.